The molecule has 0 saturated heterocycles. The first-order valence-corrected chi connectivity index (χ1v) is 7.31. The van der Waals surface area contributed by atoms with Crippen LogP contribution in [0.25, 0.3) is 0 Å². The fraction of sp³-hybridized carbons (Fsp3) is 0.769. The topological polar surface area (TPSA) is 24.9 Å². The maximum atomic E-state index is 4.40. The molecule has 1 aromatic heterocycles. The minimum atomic E-state index is 0.624. The molecule has 3 heteroatoms. The predicted octanol–water partition coefficient (Wildman–Crippen LogP) is 3.10. The average molecular weight is 238 g/mol. The van der Waals surface area contributed by atoms with Crippen LogP contribution in [-0.4, -0.2) is 17.6 Å². The lowest BCUT2D eigenvalue weighted by Gasteiger charge is -2.24. The third kappa shape index (κ3) is 3.29. The number of hydrogen-bond acceptors (Lipinski definition) is 3. The highest BCUT2D eigenvalue weighted by Crippen LogP contribution is 2.38. The van der Waals surface area contributed by atoms with Crippen LogP contribution >= 0.6 is 11.3 Å². The summed E-state index contributed by atoms with van der Waals surface area (Å²) in [5.41, 5.74) is 0. The van der Waals surface area contributed by atoms with E-state index in [1.807, 2.05) is 6.20 Å². The lowest BCUT2D eigenvalue weighted by Crippen LogP contribution is -2.38. The van der Waals surface area contributed by atoms with Crippen LogP contribution in [0.4, 0.5) is 0 Å². The summed E-state index contributed by atoms with van der Waals surface area (Å²) in [7, 11) is 0. The van der Waals surface area contributed by atoms with E-state index < -0.39 is 0 Å². The Morgan fingerprint density at radius 3 is 2.94 bits per heavy atom. The highest BCUT2D eigenvalue weighted by Gasteiger charge is 2.33. The molecule has 2 nitrogen and oxygen atoms in total. The fourth-order valence-corrected chi connectivity index (χ4v) is 2.94. The summed E-state index contributed by atoms with van der Waals surface area (Å²) < 4.78 is 0. The third-order valence-corrected chi connectivity index (χ3v) is 4.34. The summed E-state index contributed by atoms with van der Waals surface area (Å²) in [6.07, 6.45) is 7.10. The molecular formula is C13H22N2S. The van der Waals surface area contributed by atoms with E-state index in [4.69, 9.17) is 0 Å². The number of nitrogens with one attached hydrogen (secondary N) is 1. The van der Waals surface area contributed by atoms with Crippen molar-refractivity contribution in [1.29, 1.82) is 0 Å². The van der Waals surface area contributed by atoms with Crippen LogP contribution in [0.2, 0.25) is 0 Å². The van der Waals surface area contributed by atoms with Crippen molar-refractivity contribution < 1.29 is 0 Å². The van der Waals surface area contributed by atoms with Crippen molar-refractivity contribution in [2.45, 2.75) is 45.6 Å². The number of thiazole rings is 1. The molecule has 1 N–H and O–H groups in total. The summed E-state index contributed by atoms with van der Waals surface area (Å²) in [4.78, 5) is 4.40. The third-order valence-electron chi connectivity index (χ3n) is 3.53. The molecule has 1 heterocycles. The van der Waals surface area contributed by atoms with Crippen LogP contribution < -0.4 is 5.32 Å². The van der Waals surface area contributed by atoms with Crippen molar-refractivity contribution in [3.63, 3.8) is 0 Å². The predicted molar refractivity (Wildman–Crippen MR) is 69.8 cm³/mol. The van der Waals surface area contributed by atoms with Crippen molar-refractivity contribution in [2.24, 2.45) is 11.8 Å². The molecule has 1 aromatic rings. The SMILES string of the molecule is CCCNC(Cc1nccs1)C(C)C1CC1. The van der Waals surface area contributed by atoms with Gasteiger partial charge in [-0.05, 0) is 37.6 Å². The molecule has 2 unspecified atom stereocenters. The van der Waals surface area contributed by atoms with Gasteiger partial charge in [-0.25, -0.2) is 4.98 Å². The molecule has 1 aliphatic rings. The van der Waals surface area contributed by atoms with Gasteiger partial charge in [0.2, 0.25) is 0 Å². The van der Waals surface area contributed by atoms with Gasteiger partial charge in [0, 0.05) is 24.0 Å². The summed E-state index contributed by atoms with van der Waals surface area (Å²) >= 11 is 1.78. The van der Waals surface area contributed by atoms with Gasteiger partial charge in [-0.15, -0.1) is 11.3 Å². The molecular weight excluding hydrogens is 216 g/mol. The Morgan fingerprint density at radius 2 is 2.38 bits per heavy atom. The molecule has 0 aromatic carbocycles. The summed E-state index contributed by atoms with van der Waals surface area (Å²) in [6.45, 7) is 5.76. The van der Waals surface area contributed by atoms with Crippen LogP contribution in [0.15, 0.2) is 11.6 Å². The monoisotopic (exact) mass is 238 g/mol. The number of aromatic nitrogens is 1. The van der Waals surface area contributed by atoms with Gasteiger partial charge >= 0.3 is 0 Å². The molecule has 2 atom stereocenters. The van der Waals surface area contributed by atoms with E-state index >= 15 is 0 Å². The van der Waals surface area contributed by atoms with E-state index in [1.165, 1.54) is 24.3 Å². The van der Waals surface area contributed by atoms with Crippen LogP contribution in [-0.2, 0) is 6.42 Å². The molecule has 0 radical (unpaired) electrons. The van der Waals surface area contributed by atoms with Gasteiger partial charge in [0.25, 0.3) is 0 Å². The molecule has 1 aliphatic carbocycles. The summed E-state index contributed by atoms with van der Waals surface area (Å²) in [6, 6.07) is 0.624. The lowest BCUT2D eigenvalue weighted by molar-refractivity contribution is 0.339. The van der Waals surface area contributed by atoms with Gasteiger partial charge in [0.15, 0.2) is 0 Å². The Bertz CT molecular complexity index is 293. The minimum absolute atomic E-state index is 0.624. The van der Waals surface area contributed by atoms with Gasteiger partial charge in [-0.3, -0.25) is 0 Å². The normalized spacial score (nSPS) is 19.6. The number of rotatable bonds is 7. The Balaban J connectivity index is 1.90. The summed E-state index contributed by atoms with van der Waals surface area (Å²) in [5, 5.41) is 7.05. The molecule has 90 valence electrons. The zero-order valence-electron chi connectivity index (χ0n) is 10.3. The van der Waals surface area contributed by atoms with Gasteiger partial charge in [0.05, 0.1) is 5.01 Å². The second-order valence-electron chi connectivity index (χ2n) is 4.89. The Labute approximate surface area is 102 Å². The van der Waals surface area contributed by atoms with Crippen molar-refractivity contribution in [3.8, 4) is 0 Å². The van der Waals surface area contributed by atoms with E-state index in [0.717, 1.165) is 24.8 Å². The highest BCUT2D eigenvalue weighted by atomic mass is 32.1. The minimum Gasteiger partial charge on any atom is -0.313 e. The van der Waals surface area contributed by atoms with Crippen LogP contribution in [0.5, 0.6) is 0 Å². The summed E-state index contributed by atoms with van der Waals surface area (Å²) in [5.74, 6) is 1.77. The molecule has 1 fully saturated rings. The average Bonchev–Trinajstić information content (AvgIpc) is 3.02. The zero-order valence-corrected chi connectivity index (χ0v) is 11.1. The van der Waals surface area contributed by atoms with Gasteiger partial charge in [0.1, 0.15) is 0 Å². The number of nitrogens with zero attached hydrogens (tertiary/aromatic N) is 1. The standard InChI is InChI=1S/C13H22N2S/c1-3-6-14-12(10(2)11-4-5-11)9-13-15-7-8-16-13/h7-8,10-12,14H,3-6,9H2,1-2H3. The first kappa shape index (κ1) is 12.1. The van der Waals surface area contributed by atoms with Crippen molar-refractivity contribution in [2.75, 3.05) is 6.54 Å². The van der Waals surface area contributed by atoms with Gasteiger partial charge < -0.3 is 5.32 Å². The second kappa shape index (κ2) is 5.78. The molecule has 0 bridgehead atoms. The van der Waals surface area contributed by atoms with Crippen LogP contribution in [0, 0.1) is 11.8 Å². The second-order valence-corrected chi connectivity index (χ2v) is 5.87. The molecule has 16 heavy (non-hydrogen) atoms. The first-order valence-electron chi connectivity index (χ1n) is 6.43. The Morgan fingerprint density at radius 1 is 1.56 bits per heavy atom. The van der Waals surface area contributed by atoms with Crippen molar-refractivity contribution in [1.82, 2.24) is 10.3 Å². The quantitative estimate of drug-likeness (QED) is 0.789. The van der Waals surface area contributed by atoms with Crippen molar-refractivity contribution in [3.05, 3.63) is 16.6 Å². The van der Waals surface area contributed by atoms with Crippen molar-refractivity contribution >= 4 is 11.3 Å². The van der Waals surface area contributed by atoms with E-state index in [0.29, 0.717) is 6.04 Å². The highest BCUT2D eigenvalue weighted by molar-refractivity contribution is 7.09. The zero-order chi connectivity index (χ0) is 11.4. The smallest absolute Gasteiger partial charge is 0.0940 e. The van der Waals surface area contributed by atoms with E-state index in [1.54, 1.807) is 11.3 Å². The molecule has 0 aliphatic heterocycles. The van der Waals surface area contributed by atoms with E-state index in [-0.39, 0.29) is 0 Å². The number of hydrogen-bond donors (Lipinski definition) is 1. The van der Waals surface area contributed by atoms with Crippen LogP contribution in [0.1, 0.15) is 38.1 Å². The van der Waals surface area contributed by atoms with Gasteiger partial charge in [-0.1, -0.05) is 13.8 Å². The Hall–Kier alpha value is -0.410. The molecule has 0 spiro atoms. The van der Waals surface area contributed by atoms with Gasteiger partial charge in [-0.2, -0.15) is 0 Å². The first-order chi connectivity index (χ1) is 7.81. The van der Waals surface area contributed by atoms with E-state index in [9.17, 15) is 0 Å². The lowest BCUT2D eigenvalue weighted by atomic mass is 9.94. The Kier molecular flexibility index (Phi) is 4.36. The molecule has 0 amide bonds. The largest absolute Gasteiger partial charge is 0.313 e. The maximum Gasteiger partial charge on any atom is 0.0940 e. The molecule has 2 rings (SSSR count). The maximum absolute atomic E-state index is 4.40. The van der Waals surface area contributed by atoms with E-state index in [2.05, 4.69) is 29.5 Å². The van der Waals surface area contributed by atoms with Crippen LogP contribution in [0.3, 0.4) is 0 Å². The molecule has 1 saturated carbocycles. The fourth-order valence-electron chi connectivity index (χ4n) is 2.27.